The zero-order valence-corrected chi connectivity index (χ0v) is 13.9. The lowest BCUT2D eigenvalue weighted by atomic mass is 9.68. The molecule has 4 rings (SSSR count). The van der Waals surface area contributed by atoms with Crippen LogP contribution < -0.4 is 10.6 Å². The lowest BCUT2D eigenvalue weighted by Crippen LogP contribution is -2.33. The summed E-state index contributed by atoms with van der Waals surface area (Å²) in [6.45, 7) is 0.731. The second kappa shape index (κ2) is 5.17. The Kier molecular flexibility index (Phi) is 3.26. The van der Waals surface area contributed by atoms with Gasteiger partial charge in [-0.25, -0.2) is 0 Å². The fourth-order valence-electron chi connectivity index (χ4n) is 3.80. The summed E-state index contributed by atoms with van der Waals surface area (Å²) in [6, 6.07) is 8.38. The first-order valence-electron chi connectivity index (χ1n) is 7.62. The number of rotatable bonds is 0. The van der Waals surface area contributed by atoms with Crippen molar-refractivity contribution in [3.05, 3.63) is 69.2 Å². The summed E-state index contributed by atoms with van der Waals surface area (Å²) < 4.78 is 1.12. The van der Waals surface area contributed by atoms with Crippen LogP contribution in [0.5, 0.6) is 0 Å². The number of fused-ring (bicyclic) bond motifs is 1. The molecule has 0 amide bonds. The number of benzene rings is 1. The number of hydrogen-bond acceptors (Lipinski definition) is 2. The molecule has 1 aromatic carbocycles. The van der Waals surface area contributed by atoms with Crippen LogP contribution in [0.15, 0.2) is 63.6 Å². The van der Waals surface area contributed by atoms with Crippen molar-refractivity contribution in [3.63, 3.8) is 0 Å². The van der Waals surface area contributed by atoms with E-state index in [0.717, 1.165) is 34.9 Å². The third-order valence-corrected chi connectivity index (χ3v) is 5.32. The first-order valence-corrected chi connectivity index (χ1v) is 8.41. The molecule has 0 fully saturated rings. The second-order valence-corrected chi connectivity index (χ2v) is 7.17. The zero-order chi connectivity index (χ0) is 15.2. The molecular formula is C19H17BrN2. The predicted octanol–water partition coefficient (Wildman–Crippen LogP) is 3.44. The number of hydrogen-bond donors (Lipinski definition) is 1. The maximum Gasteiger partial charge on any atom is 0.0650 e. The summed E-state index contributed by atoms with van der Waals surface area (Å²) in [7, 11) is 0. The molecule has 3 heteroatoms. The number of nitrogens with zero attached hydrogens (tertiary/aromatic N) is 1. The Morgan fingerprint density at radius 2 is 2.05 bits per heavy atom. The van der Waals surface area contributed by atoms with E-state index < -0.39 is 0 Å². The zero-order valence-electron chi connectivity index (χ0n) is 12.3. The first kappa shape index (κ1) is 13.9. The van der Waals surface area contributed by atoms with E-state index in [1.165, 1.54) is 16.4 Å². The molecule has 110 valence electrons. The van der Waals surface area contributed by atoms with Gasteiger partial charge < -0.3 is 5.41 Å². The van der Waals surface area contributed by atoms with E-state index in [1.54, 1.807) is 0 Å². The maximum absolute atomic E-state index is 8.34. The van der Waals surface area contributed by atoms with Gasteiger partial charge in [-0.15, -0.1) is 0 Å². The lowest BCUT2D eigenvalue weighted by Gasteiger charge is -2.35. The number of nitrogens with one attached hydrogen (secondary N) is 1. The molecule has 3 aliphatic rings. The van der Waals surface area contributed by atoms with Gasteiger partial charge in [-0.05, 0) is 28.1 Å². The van der Waals surface area contributed by atoms with E-state index >= 15 is 0 Å². The fraction of sp³-hybridized carbons (Fsp3) is 0.263. The van der Waals surface area contributed by atoms with Crippen molar-refractivity contribution < 1.29 is 0 Å². The van der Waals surface area contributed by atoms with Gasteiger partial charge in [-0.1, -0.05) is 58.4 Å². The third kappa shape index (κ3) is 2.07. The minimum absolute atomic E-state index is 0.119. The molecule has 1 aliphatic heterocycles. The van der Waals surface area contributed by atoms with Gasteiger partial charge in [-0.2, -0.15) is 0 Å². The smallest absolute Gasteiger partial charge is 0.0650 e. The topological polar surface area (TPSA) is 36.2 Å². The monoisotopic (exact) mass is 352 g/mol. The normalized spacial score (nSPS) is 26.6. The molecule has 0 aromatic heterocycles. The van der Waals surface area contributed by atoms with Crippen LogP contribution in [0.2, 0.25) is 0 Å². The molecule has 1 heterocycles. The van der Waals surface area contributed by atoms with Crippen molar-refractivity contribution in [2.24, 2.45) is 10.4 Å². The Balaban J connectivity index is 2.14. The Morgan fingerprint density at radius 1 is 1.18 bits per heavy atom. The molecule has 0 saturated carbocycles. The fourth-order valence-corrected chi connectivity index (χ4v) is 4.53. The molecule has 1 spiro atoms. The predicted molar refractivity (Wildman–Crippen MR) is 93.7 cm³/mol. The van der Waals surface area contributed by atoms with Crippen LogP contribution >= 0.6 is 15.9 Å². The molecule has 1 unspecified atom stereocenters. The van der Waals surface area contributed by atoms with Gasteiger partial charge in [0.1, 0.15) is 0 Å². The summed E-state index contributed by atoms with van der Waals surface area (Å²) in [4.78, 5) is 4.83. The first-order chi connectivity index (χ1) is 10.7. The van der Waals surface area contributed by atoms with Gasteiger partial charge in [0.05, 0.1) is 11.9 Å². The maximum atomic E-state index is 8.34. The van der Waals surface area contributed by atoms with E-state index in [4.69, 9.17) is 10.4 Å². The summed E-state index contributed by atoms with van der Waals surface area (Å²) in [5.74, 6) is 0. The van der Waals surface area contributed by atoms with Crippen molar-refractivity contribution in [3.8, 4) is 0 Å². The highest BCUT2D eigenvalue weighted by Gasteiger charge is 2.39. The highest BCUT2D eigenvalue weighted by Crippen LogP contribution is 2.48. The van der Waals surface area contributed by atoms with Gasteiger partial charge in [-0.3, -0.25) is 4.99 Å². The molecule has 1 atom stereocenters. The number of allylic oxidation sites excluding steroid dienone is 5. The molecule has 22 heavy (non-hydrogen) atoms. The van der Waals surface area contributed by atoms with E-state index in [9.17, 15) is 0 Å². The minimum Gasteiger partial charge on any atom is -0.309 e. The molecule has 2 nitrogen and oxygen atoms in total. The Morgan fingerprint density at radius 3 is 2.95 bits per heavy atom. The summed E-state index contributed by atoms with van der Waals surface area (Å²) in [5, 5.41) is 10.6. The lowest BCUT2D eigenvalue weighted by molar-refractivity contribution is 0.589. The highest BCUT2D eigenvalue weighted by molar-refractivity contribution is 9.11. The Hall–Kier alpha value is -1.74. The van der Waals surface area contributed by atoms with Gasteiger partial charge in [0.2, 0.25) is 0 Å². The van der Waals surface area contributed by atoms with Crippen LogP contribution in [0.25, 0.3) is 5.57 Å². The van der Waals surface area contributed by atoms with E-state index in [1.807, 2.05) is 6.07 Å². The molecule has 0 radical (unpaired) electrons. The largest absolute Gasteiger partial charge is 0.309 e. The molecule has 0 bridgehead atoms. The van der Waals surface area contributed by atoms with E-state index in [-0.39, 0.29) is 5.41 Å². The van der Waals surface area contributed by atoms with Crippen LogP contribution in [0.4, 0.5) is 0 Å². The summed E-state index contributed by atoms with van der Waals surface area (Å²) >= 11 is 3.69. The third-order valence-electron chi connectivity index (χ3n) is 4.81. The average molecular weight is 353 g/mol. The van der Waals surface area contributed by atoms with Gasteiger partial charge in [0, 0.05) is 29.2 Å². The number of para-hydroxylation sites is 1. The molecule has 2 aliphatic carbocycles. The minimum atomic E-state index is -0.119. The van der Waals surface area contributed by atoms with Gasteiger partial charge in [0.25, 0.3) is 0 Å². The van der Waals surface area contributed by atoms with E-state index in [0.29, 0.717) is 6.42 Å². The van der Waals surface area contributed by atoms with Gasteiger partial charge >= 0.3 is 0 Å². The standard InChI is InChI=1S/C19H17BrN2/c20-14-9-15(21)10-17-16-6-1-2-7-18(16)22-12-13-5-3-4-8-19(13,17)11-14/h1-7,11,21H,8-10,12H2. The van der Waals surface area contributed by atoms with Crippen LogP contribution in [0.3, 0.4) is 0 Å². The summed E-state index contributed by atoms with van der Waals surface area (Å²) in [5.41, 5.74) is 3.32. The van der Waals surface area contributed by atoms with Crippen molar-refractivity contribution in [1.29, 1.82) is 5.41 Å². The van der Waals surface area contributed by atoms with Crippen LogP contribution in [0.1, 0.15) is 19.3 Å². The van der Waals surface area contributed by atoms with Crippen molar-refractivity contribution in [2.45, 2.75) is 19.3 Å². The SMILES string of the molecule is N=C1CC(Br)=CC23CC=CC=C2CN=c2ccccc2=C3C1. The molecular weight excluding hydrogens is 336 g/mol. The Labute approximate surface area is 138 Å². The van der Waals surface area contributed by atoms with Crippen molar-refractivity contribution >= 4 is 27.2 Å². The molecule has 1 N–H and O–H groups in total. The second-order valence-electron chi connectivity index (χ2n) is 6.16. The van der Waals surface area contributed by atoms with Crippen LogP contribution in [-0.4, -0.2) is 12.3 Å². The highest BCUT2D eigenvalue weighted by atomic mass is 79.9. The molecule has 1 aromatic rings. The van der Waals surface area contributed by atoms with Crippen LogP contribution in [0, 0.1) is 10.8 Å². The van der Waals surface area contributed by atoms with Crippen molar-refractivity contribution in [2.75, 3.05) is 6.54 Å². The quantitative estimate of drug-likeness (QED) is 0.742. The van der Waals surface area contributed by atoms with Gasteiger partial charge in [0.15, 0.2) is 0 Å². The van der Waals surface area contributed by atoms with Crippen molar-refractivity contribution in [1.82, 2.24) is 0 Å². The van der Waals surface area contributed by atoms with E-state index in [2.05, 4.69) is 58.4 Å². The Bertz CT molecular complexity index is 873. The number of halogens is 1. The van der Waals surface area contributed by atoms with Crippen LogP contribution in [-0.2, 0) is 0 Å². The average Bonchev–Trinajstić information content (AvgIpc) is 2.71. The molecule has 0 saturated heterocycles. The summed E-state index contributed by atoms with van der Waals surface area (Å²) in [6.07, 6.45) is 11.3.